The third-order valence-corrected chi connectivity index (χ3v) is 5.47. The van der Waals surface area contributed by atoms with Crippen LogP contribution >= 0.6 is 11.3 Å². The molecule has 2 aromatic heterocycles. The molecule has 140 valence electrons. The van der Waals surface area contributed by atoms with Crippen molar-refractivity contribution in [3.63, 3.8) is 0 Å². The third kappa shape index (κ3) is 3.59. The molecule has 0 aliphatic heterocycles. The van der Waals surface area contributed by atoms with E-state index < -0.39 is 0 Å². The maximum absolute atomic E-state index is 12.8. The fraction of sp³-hybridized carbons (Fsp3) is 0.136. The van der Waals surface area contributed by atoms with Crippen LogP contribution in [0.3, 0.4) is 0 Å². The molecular formula is C22H18N2O3S. The Balaban J connectivity index is 1.61. The van der Waals surface area contributed by atoms with Gasteiger partial charge in [-0.05, 0) is 35.9 Å². The molecule has 2 aromatic carbocycles. The molecule has 0 saturated heterocycles. The van der Waals surface area contributed by atoms with Gasteiger partial charge in [0, 0.05) is 24.2 Å². The second-order valence-electron chi connectivity index (χ2n) is 6.21. The number of carbonyl (C=O) groups is 1. The smallest absolute Gasteiger partial charge is 0.170 e. The molecule has 0 amide bonds. The van der Waals surface area contributed by atoms with Gasteiger partial charge in [-0.25, -0.2) is 9.97 Å². The van der Waals surface area contributed by atoms with Crippen LogP contribution < -0.4 is 9.47 Å². The number of rotatable bonds is 6. The standard InChI is InChI=1S/C22H18N2O3S/c1-26-16-8-9-17(19(13-16)27-2)18(25)12-14-5-3-6-15(11-14)22-24-21-20(28-22)7-4-10-23-21/h3-11,13H,12H2,1-2H3. The highest BCUT2D eigenvalue weighted by Gasteiger charge is 2.15. The van der Waals surface area contributed by atoms with E-state index in [1.54, 1.807) is 50.0 Å². The Bertz CT molecular complexity index is 1120. The quantitative estimate of drug-likeness (QED) is 0.443. The average Bonchev–Trinajstić information content (AvgIpc) is 3.17. The largest absolute Gasteiger partial charge is 0.497 e. The molecule has 0 aliphatic rings. The zero-order valence-electron chi connectivity index (χ0n) is 15.5. The molecule has 0 aliphatic carbocycles. The predicted octanol–water partition coefficient (Wildman–Crippen LogP) is 4.80. The number of hydrogen-bond donors (Lipinski definition) is 0. The summed E-state index contributed by atoms with van der Waals surface area (Å²) in [6, 6.07) is 17.0. The van der Waals surface area contributed by atoms with E-state index >= 15 is 0 Å². The minimum atomic E-state index is -0.0115. The van der Waals surface area contributed by atoms with Crippen LogP contribution in [-0.2, 0) is 6.42 Å². The highest BCUT2D eigenvalue weighted by Crippen LogP contribution is 2.30. The van der Waals surface area contributed by atoms with Crippen molar-refractivity contribution in [1.82, 2.24) is 9.97 Å². The van der Waals surface area contributed by atoms with Crippen molar-refractivity contribution in [2.45, 2.75) is 6.42 Å². The van der Waals surface area contributed by atoms with Gasteiger partial charge in [-0.2, -0.15) is 0 Å². The molecule has 6 heteroatoms. The summed E-state index contributed by atoms with van der Waals surface area (Å²) in [6.45, 7) is 0. The van der Waals surface area contributed by atoms with Crippen molar-refractivity contribution in [3.8, 4) is 22.1 Å². The van der Waals surface area contributed by atoms with E-state index in [-0.39, 0.29) is 12.2 Å². The zero-order valence-corrected chi connectivity index (χ0v) is 16.3. The van der Waals surface area contributed by atoms with Crippen LogP contribution in [0.5, 0.6) is 11.5 Å². The molecule has 0 atom stereocenters. The number of thiazole rings is 1. The molecule has 0 bridgehead atoms. The summed E-state index contributed by atoms with van der Waals surface area (Å²) in [7, 11) is 3.13. The molecule has 4 aromatic rings. The Morgan fingerprint density at radius 2 is 1.93 bits per heavy atom. The van der Waals surface area contributed by atoms with E-state index in [1.165, 1.54) is 0 Å². The molecule has 0 saturated carbocycles. The van der Waals surface area contributed by atoms with Crippen molar-refractivity contribution in [1.29, 1.82) is 0 Å². The SMILES string of the molecule is COc1ccc(C(=O)Cc2cccc(-c3nc4ncccc4s3)c2)c(OC)c1. The first-order chi connectivity index (χ1) is 13.7. The zero-order chi connectivity index (χ0) is 19.5. The lowest BCUT2D eigenvalue weighted by molar-refractivity contribution is 0.0990. The second-order valence-corrected chi connectivity index (χ2v) is 7.24. The maximum Gasteiger partial charge on any atom is 0.170 e. The number of ether oxygens (including phenoxy) is 2. The fourth-order valence-corrected chi connectivity index (χ4v) is 3.94. The van der Waals surface area contributed by atoms with Crippen molar-refractivity contribution in [2.24, 2.45) is 0 Å². The van der Waals surface area contributed by atoms with Gasteiger partial charge >= 0.3 is 0 Å². The van der Waals surface area contributed by atoms with Gasteiger partial charge in [0.2, 0.25) is 0 Å². The summed E-state index contributed by atoms with van der Waals surface area (Å²) in [4.78, 5) is 21.7. The number of methoxy groups -OCH3 is 2. The number of carbonyl (C=O) groups excluding carboxylic acids is 1. The maximum atomic E-state index is 12.8. The number of fused-ring (bicyclic) bond motifs is 1. The van der Waals surface area contributed by atoms with Crippen LogP contribution in [0, 0.1) is 0 Å². The van der Waals surface area contributed by atoms with E-state index in [1.807, 2.05) is 36.4 Å². The summed E-state index contributed by atoms with van der Waals surface area (Å²) >= 11 is 1.59. The lowest BCUT2D eigenvalue weighted by atomic mass is 10.0. The van der Waals surface area contributed by atoms with Crippen molar-refractivity contribution in [3.05, 3.63) is 71.9 Å². The molecule has 5 nitrogen and oxygen atoms in total. The topological polar surface area (TPSA) is 61.3 Å². The van der Waals surface area contributed by atoms with Crippen LogP contribution in [-0.4, -0.2) is 30.0 Å². The predicted molar refractivity (Wildman–Crippen MR) is 110 cm³/mol. The summed E-state index contributed by atoms with van der Waals surface area (Å²) in [5.74, 6) is 1.15. The van der Waals surface area contributed by atoms with Crippen molar-refractivity contribution in [2.75, 3.05) is 14.2 Å². The Kier molecular flexibility index (Phi) is 5.04. The van der Waals surface area contributed by atoms with Gasteiger partial charge in [0.05, 0.1) is 24.5 Å². The van der Waals surface area contributed by atoms with E-state index in [0.29, 0.717) is 17.1 Å². The van der Waals surface area contributed by atoms with Crippen molar-refractivity contribution < 1.29 is 14.3 Å². The summed E-state index contributed by atoms with van der Waals surface area (Å²) in [5, 5.41) is 0.894. The average molecular weight is 390 g/mol. The number of hydrogen-bond acceptors (Lipinski definition) is 6. The minimum Gasteiger partial charge on any atom is -0.497 e. The fourth-order valence-electron chi connectivity index (χ4n) is 3.02. The number of ketones is 1. The molecule has 0 unspecified atom stereocenters. The molecule has 0 spiro atoms. The summed E-state index contributed by atoms with van der Waals surface area (Å²) in [5.41, 5.74) is 3.19. The van der Waals surface area contributed by atoms with E-state index in [9.17, 15) is 4.79 Å². The second kappa shape index (κ2) is 7.78. The highest BCUT2D eigenvalue weighted by atomic mass is 32.1. The van der Waals surface area contributed by atoms with Gasteiger partial charge in [-0.15, -0.1) is 11.3 Å². The van der Waals surface area contributed by atoms with Gasteiger partial charge in [-0.3, -0.25) is 4.79 Å². The lowest BCUT2D eigenvalue weighted by Gasteiger charge is -2.10. The Labute approximate surface area is 166 Å². The highest BCUT2D eigenvalue weighted by molar-refractivity contribution is 7.21. The Morgan fingerprint density at radius 3 is 2.71 bits per heavy atom. The molecule has 0 fully saturated rings. The number of Topliss-reactive ketones (excluding diaryl/α,β-unsaturated/α-hetero) is 1. The minimum absolute atomic E-state index is 0.0115. The van der Waals surface area contributed by atoms with E-state index in [2.05, 4.69) is 9.97 Å². The molecule has 2 heterocycles. The molecule has 28 heavy (non-hydrogen) atoms. The van der Waals surface area contributed by atoms with Crippen LogP contribution in [0.15, 0.2) is 60.8 Å². The van der Waals surface area contributed by atoms with Gasteiger partial charge < -0.3 is 9.47 Å². The van der Waals surface area contributed by atoms with Gasteiger partial charge in [0.1, 0.15) is 16.5 Å². The molecular weight excluding hydrogens is 372 g/mol. The van der Waals surface area contributed by atoms with Gasteiger partial charge in [-0.1, -0.05) is 18.2 Å². The van der Waals surface area contributed by atoms with E-state index in [4.69, 9.17) is 9.47 Å². The third-order valence-electron chi connectivity index (χ3n) is 4.41. The van der Waals surface area contributed by atoms with Gasteiger partial charge in [0.25, 0.3) is 0 Å². The molecule has 0 radical (unpaired) electrons. The van der Waals surface area contributed by atoms with E-state index in [0.717, 1.165) is 26.5 Å². The number of nitrogens with zero attached hydrogens (tertiary/aromatic N) is 2. The Morgan fingerprint density at radius 1 is 1.04 bits per heavy atom. The Hall–Kier alpha value is -3.25. The lowest BCUT2D eigenvalue weighted by Crippen LogP contribution is -2.06. The number of pyridine rings is 1. The van der Waals surface area contributed by atoms with Crippen LogP contribution in [0.25, 0.3) is 20.9 Å². The first kappa shape index (κ1) is 18.1. The molecule has 0 N–H and O–H groups in total. The first-order valence-corrected chi connectivity index (χ1v) is 9.55. The molecule has 4 rings (SSSR count). The summed E-state index contributed by atoms with van der Waals surface area (Å²) < 4.78 is 11.6. The summed E-state index contributed by atoms with van der Waals surface area (Å²) in [6.07, 6.45) is 2.02. The normalized spacial score (nSPS) is 10.8. The van der Waals surface area contributed by atoms with Crippen LogP contribution in [0.4, 0.5) is 0 Å². The van der Waals surface area contributed by atoms with Gasteiger partial charge in [0.15, 0.2) is 11.4 Å². The van der Waals surface area contributed by atoms with Crippen LogP contribution in [0.2, 0.25) is 0 Å². The number of benzene rings is 2. The monoisotopic (exact) mass is 390 g/mol. The number of aromatic nitrogens is 2. The first-order valence-electron chi connectivity index (χ1n) is 8.74. The van der Waals surface area contributed by atoms with Crippen molar-refractivity contribution >= 4 is 27.5 Å². The van der Waals surface area contributed by atoms with Crippen LogP contribution in [0.1, 0.15) is 15.9 Å².